The number of H-pyrrole nitrogens is 1. The van der Waals surface area contributed by atoms with Gasteiger partial charge in [0.1, 0.15) is 5.78 Å². The summed E-state index contributed by atoms with van der Waals surface area (Å²) in [6, 6.07) is 10.3. The van der Waals surface area contributed by atoms with E-state index in [-0.39, 0.29) is 11.3 Å². The summed E-state index contributed by atoms with van der Waals surface area (Å²) in [7, 11) is 0. The molecular formula is C20H23N3O. The van der Waals surface area contributed by atoms with Crippen molar-refractivity contribution in [2.24, 2.45) is 16.3 Å². The van der Waals surface area contributed by atoms with Crippen LogP contribution in [-0.4, -0.2) is 21.7 Å². The van der Waals surface area contributed by atoms with Crippen LogP contribution in [0.5, 0.6) is 0 Å². The molecule has 4 heteroatoms. The first-order valence-corrected chi connectivity index (χ1v) is 8.54. The lowest BCUT2D eigenvalue weighted by molar-refractivity contribution is -0.125. The van der Waals surface area contributed by atoms with Gasteiger partial charge in [0.15, 0.2) is 5.82 Å². The molecule has 2 heterocycles. The SMILES string of the molecule is Cc1[nH]nc2c1C(C)(c1ccccc1)C1C(=O)CC(C)(C)CC1=N2. The Morgan fingerprint density at radius 1 is 1.12 bits per heavy atom. The average molecular weight is 321 g/mol. The minimum Gasteiger partial charge on any atom is -0.299 e. The molecule has 0 saturated heterocycles. The fourth-order valence-electron chi connectivity index (χ4n) is 4.67. The molecule has 1 saturated carbocycles. The van der Waals surface area contributed by atoms with Gasteiger partial charge in [-0.1, -0.05) is 51.1 Å². The minimum atomic E-state index is -0.418. The fraction of sp³-hybridized carbons (Fsp3) is 0.450. The number of aliphatic imine (C=N–C) groups is 1. The van der Waals surface area contributed by atoms with Crippen LogP contribution < -0.4 is 0 Å². The number of carbonyl (C=O) groups excluding carboxylic acids is 1. The number of aromatic nitrogens is 2. The summed E-state index contributed by atoms with van der Waals surface area (Å²) in [6.07, 6.45) is 1.45. The van der Waals surface area contributed by atoms with E-state index in [0.29, 0.717) is 12.2 Å². The lowest BCUT2D eigenvalue weighted by Crippen LogP contribution is -2.50. The lowest BCUT2D eigenvalue weighted by Gasteiger charge is -2.46. The van der Waals surface area contributed by atoms with Crippen LogP contribution in [0.2, 0.25) is 0 Å². The van der Waals surface area contributed by atoms with Gasteiger partial charge in [0.2, 0.25) is 0 Å². The topological polar surface area (TPSA) is 58.1 Å². The number of rotatable bonds is 1. The molecule has 2 aliphatic rings. The summed E-state index contributed by atoms with van der Waals surface area (Å²) in [5, 5.41) is 7.50. The molecule has 1 aromatic carbocycles. The van der Waals surface area contributed by atoms with Crippen molar-refractivity contribution < 1.29 is 4.79 Å². The van der Waals surface area contributed by atoms with Crippen LogP contribution >= 0.6 is 0 Å². The maximum atomic E-state index is 13.2. The molecule has 1 aliphatic heterocycles. The first-order chi connectivity index (χ1) is 11.3. The number of hydrogen-bond acceptors (Lipinski definition) is 3. The zero-order valence-electron chi connectivity index (χ0n) is 14.7. The highest BCUT2D eigenvalue weighted by Crippen LogP contribution is 2.52. The van der Waals surface area contributed by atoms with Crippen LogP contribution in [0.4, 0.5) is 5.82 Å². The monoisotopic (exact) mass is 321 g/mol. The molecule has 1 fully saturated rings. The quantitative estimate of drug-likeness (QED) is 0.859. The summed E-state index contributed by atoms with van der Waals surface area (Å²) in [5.41, 5.74) is 3.75. The molecule has 4 rings (SSSR count). The predicted molar refractivity (Wildman–Crippen MR) is 94.8 cm³/mol. The molecule has 0 amide bonds. The number of Topliss-reactive ketones (excluding diaryl/α,β-unsaturated/α-hetero) is 1. The second kappa shape index (κ2) is 4.88. The van der Waals surface area contributed by atoms with Gasteiger partial charge < -0.3 is 0 Å². The number of nitrogens with zero attached hydrogens (tertiary/aromatic N) is 2. The summed E-state index contributed by atoms with van der Waals surface area (Å²) in [6.45, 7) is 8.49. The molecule has 2 aromatic rings. The normalized spacial score (nSPS) is 28.1. The number of nitrogens with one attached hydrogen (secondary N) is 1. The number of ketones is 1. The van der Waals surface area contributed by atoms with Crippen molar-refractivity contribution in [3.63, 3.8) is 0 Å². The summed E-state index contributed by atoms with van der Waals surface area (Å²) < 4.78 is 0. The third kappa shape index (κ3) is 2.02. The molecule has 124 valence electrons. The molecular weight excluding hydrogens is 298 g/mol. The maximum Gasteiger partial charge on any atom is 0.177 e. The van der Waals surface area contributed by atoms with E-state index in [0.717, 1.165) is 34.8 Å². The first kappa shape index (κ1) is 15.3. The Morgan fingerprint density at radius 3 is 2.54 bits per heavy atom. The van der Waals surface area contributed by atoms with Gasteiger partial charge in [-0.25, -0.2) is 4.99 Å². The van der Waals surface area contributed by atoms with Gasteiger partial charge >= 0.3 is 0 Å². The standard InChI is InChI=1S/C20H23N3O/c1-12-16-18(23-22-12)21-14-10-19(2,3)11-15(24)17(14)20(16,4)13-8-6-5-7-9-13/h5-9,17H,10-11H2,1-4H3,(H,22,23). The average Bonchev–Trinajstić information content (AvgIpc) is 2.88. The van der Waals surface area contributed by atoms with E-state index in [1.807, 2.05) is 25.1 Å². The van der Waals surface area contributed by atoms with E-state index in [4.69, 9.17) is 4.99 Å². The zero-order chi connectivity index (χ0) is 17.1. The van der Waals surface area contributed by atoms with Crippen molar-refractivity contribution in [1.29, 1.82) is 0 Å². The zero-order valence-corrected chi connectivity index (χ0v) is 14.7. The van der Waals surface area contributed by atoms with Crippen molar-refractivity contribution in [1.82, 2.24) is 10.2 Å². The van der Waals surface area contributed by atoms with Crippen molar-refractivity contribution in [2.75, 3.05) is 0 Å². The number of carbonyl (C=O) groups is 1. The summed E-state index contributed by atoms with van der Waals surface area (Å²) in [5.74, 6) is 0.843. The molecule has 1 aromatic heterocycles. The highest BCUT2D eigenvalue weighted by Gasteiger charge is 2.53. The number of fused-ring (bicyclic) bond motifs is 2. The van der Waals surface area contributed by atoms with Crippen LogP contribution in [0.15, 0.2) is 35.3 Å². The number of aromatic amines is 1. The smallest absolute Gasteiger partial charge is 0.177 e. The number of hydrogen-bond donors (Lipinski definition) is 1. The highest BCUT2D eigenvalue weighted by atomic mass is 16.1. The fourth-order valence-corrected chi connectivity index (χ4v) is 4.67. The van der Waals surface area contributed by atoms with Gasteiger partial charge in [0.25, 0.3) is 0 Å². The van der Waals surface area contributed by atoms with Crippen LogP contribution in [-0.2, 0) is 10.2 Å². The second-order valence-corrected chi connectivity index (χ2v) is 8.14. The Balaban J connectivity index is 2.00. The Kier molecular flexibility index (Phi) is 3.11. The highest BCUT2D eigenvalue weighted by molar-refractivity contribution is 6.11. The van der Waals surface area contributed by atoms with Crippen molar-refractivity contribution in [3.8, 4) is 0 Å². The molecule has 1 aliphatic carbocycles. The lowest BCUT2D eigenvalue weighted by atomic mass is 9.57. The first-order valence-electron chi connectivity index (χ1n) is 8.54. The third-order valence-electron chi connectivity index (χ3n) is 5.62. The Hall–Kier alpha value is -2.23. The van der Waals surface area contributed by atoms with Gasteiger partial charge in [-0.15, -0.1) is 0 Å². The molecule has 2 unspecified atom stereocenters. The van der Waals surface area contributed by atoms with Crippen LogP contribution in [0.3, 0.4) is 0 Å². The van der Waals surface area contributed by atoms with Gasteiger partial charge in [-0.3, -0.25) is 9.89 Å². The molecule has 0 spiro atoms. The van der Waals surface area contributed by atoms with E-state index in [2.05, 4.69) is 43.1 Å². The molecule has 24 heavy (non-hydrogen) atoms. The molecule has 2 atom stereocenters. The van der Waals surface area contributed by atoms with Gasteiger partial charge in [-0.05, 0) is 24.3 Å². The van der Waals surface area contributed by atoms with Crippen molar-refractivity contribution in [3.05, 3.63) is 47.2 Å². The Bertz CT molecular complexity index is 847. The third-order valence-corrected chi connectivity index (χ3v) is 5.62. The summed E-state index contributed by atoms with van der Waals surface area (Å²) in [4.78, 5) is 18.0. The molecule has 0 radical (unpaired) electrons. The van der Waals surface area contributed by atoms with Gasteiger partial charge in [-0.2, -0.15) is 5.10 Å². The number of benzene rings is 1. The van der Waals surface area contributed by atoms with Gasteiger partial charge in [0, 0.05) is 28.8 Å². The van der Waals surface area contributed by atoms with Crippen molar-refractivity contribution >= 4 is 17.3 Å². The molecule has 1 N–H and O–H groups in total. The van der Waals surface area contributed by atoms with E-state index >= 15 is 0 Å². The molecule has 0 bridgehead atoms. The summed E-state index contributed by atoms with van der Waals surface area (Å²) >= 11 is 0. The van der Waals surface area contributed by atoms with Crippen LogP contribution in [0.1, 0.15) is 50.4 Å². The van der Waals surface area contributed by atoms with Crippen LogP contribution in [0.25, 0.3) is 0 Å². The van der Waals surface area contributed by atoms with E-state index in [1.165, 1.54) is 0 Å². The minimum absolute atomic E-state index is 0.0349. The van der Waals surface area contributed by atoms with E-state index < -0.39 is 5.41 Å². The maximum absolute atomic E-state index is 13.2. The largest absolute Gasteiger partial charge is 0.299 e. The predicted octanol–water partition coefficient (Wildman–Crippen LogP) is 4.12. The molecule has 4 nitrogen and oxygen atoms in total. The van der Waals surface area contributed by atoms with E-state index in [1.54, 1.807) is 0 Å². The Labute approximate surface area is 142 Å². The van der Waals surface area contributed by atoms with Crippen molar-refractivity contribution in [2.45, 2.75) is 46.0 Å². The Morgan fingerprint density at radius 2 is 1.83 bits per heavy atom. The second-order valence-electron chi connectivity index (χ2n) is 8.14. The number of aryl methyl sites for hydroxylation is 1. The van der Waals surface area contributed by atoms with Crippen LogP contribution in [0, 0.1) is 18.3 Å². The van der Waals surface area contributed by atoms with Gasteiger partial charge in [0.05, 0.1) is 5.92 Å². The van der Waals surface area contributed by atoms with E-state index in [9.17, 15) is 4.79 Å².